The highest BCUT2D eigenvalue weighted by molar-refractivity contribution is 5.44. The zero-order valence-corrected chi connectivity index (χ0v) is 10.6. The van der Waals surface area contributed by atoms with Gasteiger partial charge in [-0.05, 0) is 25.7 Å². The maximum Gasteiger partial charge on any atom is 0.224 e. The Kier molecular flexibility index (Phi) is 4.30. The number of hydrogen-bond donors (Lipinski definition) is 2. The van der Waals surface area contributed by atoms with Crippen molar-refractivity contribution in [1.82, 2.24) is 9.97 Å². The first kappa shape index (κ1) is 13.0. The van der Waals surface area contributed by atoms with Crippen molar-refractivity contribution in [1.29, 1.82) is 0 Å². The summed E-state index contributed by atoms with van der Waals surface area (Å²) in [5, 5.41) is 12.2. The van der Waals surface area contributed by atoms with Gasteiger partial charge in [0.05, 0.1) is 6.20 Å². The fraction of sp³-hybridized carbons (Fsp3) is 0.667. The molecule has 1 unspecified atom stereocenters. The van der Waals surface area contributed by atoms with Crippen LogP contribution in [0.3, 0.4) is 0 Å². The summed E-state index contributed by atoms with van der Waals surface area (Å²) in [5.74, 6) is 0.574. The van der Waals surface area contributed by atoms with Crippen LogP contribution >= 0.6 is 0 Å². The van der Waals surface area contributed by atoms with Crippen LogP contribution in [0.2, 0.25) is 0 Å². The van der Waals surface area contributed by atoms with E-state index in [0.717, 1.165) is 19.4 Å². The van der Waals surface area contributed by atoms with Gasteiger partial charge in [0.1, 0.15) is 0 Å². The van der Waals surface area contributed by atoms with Crippen molar-refractivity contribution in [2.75, 3.05) is 36.5 Å². The minimum atomic E-state index is -0.407. The molecule has 0 radical (unpaired) electrons. The molecular weight excluding hydrogens is 235 g/mol. The Bertz CT molecular complexity index is 402. The minimum absolute atomic E-state index is 0.142. The Morgan fingerprint density at radius 2 is 2.44 bits per heavy atom. The zero-order valence-electron chi connectivity index (χ0n) is 10.6. The highest BCUT2D eigenvalue weighted by Gasteiger charge is 2.23. The van der Waals surface area contributed by atoms with E-state index in [4.69, 9.17) is 0 Å². The summed E-state index contributed by atoms with van der Waals surface area (Å²) >= 11 is 0. The molecule has 2 heterocycles. The van der Waals surface area contributed by atoms with Gasteiger partial charge in [-0.25, -0.2) is 9.37 Å². The number of aliphatic hydroxyl groups excluding tert-OH is 1. The van der Waals surface area contributed by atoms with Gasteiger partial charge in [0.25, 0.3) is 0 Å². The van der Waals surface area contributed by atoms with Crippen molar-refractivity contribution in [3.8, 4) is 0 Å². The maximum absolute atomic E-state index is 13.8. The van der Waals surface area contributed by atoms with E-state index in [-0.39, 0.29) is 12.5 Å². The van der Waals surface area contributed by atoms with Crippen LogP contribution < -0.4 is 10.2 Å². The minimum Gasteiger partial charge on any atom is -0.396 e. The summed E-state index contributed by atoms with van der Waals surface area (Å²) in [7, 11) is 0. The van der Waals surface area contributed by atoms with Crippen molar-refractivity contribution < 1.29 is 9.50 Å². The van der Waals surface area contributed by atoms with Gasteiger partial charge in [-0.15, -0.1) is 0 Å². The molecule has 0 bridgehead atoms. The van der Waals surface area contributed by atoms with Crippen LogP contribution in [-0.4, -0.2) is 41.3 Å². The molecule has 1 aliphatic rings. The predicted octanol–water partition coefficient (Wildman–Crippen LogP) is 1.26. The zero-order chi connectivity index (χ0) is 13.0. The average molecular weight is 254 g/mol. The van der Waals surface area contributed by atoms with Gasteiger partial charge in [0, 0.05) is 26.2 Å². The summed E-state index contributed by atoms with van der Waals surface area (Å²) in [6.45, 7) is 4.20. The number of nitrogens with zero attached hydrogens (tertiary/aromatic N) is 3. The van der Waals surface area contributed by atoms with Crippen LogP contribution in [0.4, 0.5) is 16.2 Å². The number of piperidine rings is 1. The largest absolute Gasteiger partial charge is 0.396 e. The second-order valence-corrected chi connectivity index (χ2v) is 4.53. The molecule has 2 rings (SSSR count). The molecule has 6 heteroatoms. The van der Waals surface area contributed by atoms with Crippen molar-refractivity contribution in [2.45, 2.75) is 19.8 Å². The summed E-state index contributed by atoms with van der Waals surface area (Å²) in [6, 6.07) is 0. The Morgan fingerprint density at radius 1 is 1.61 bits per heavy atom. The Balaban J connectivity index is 2.17. The first-order valence-corrected chi connectivity index (χ1v) is 6.36. The van der Waals surface area contributed by atoms with Crippen molar-refractivity contribution >= 4 is 11.8 Å². The normalized spacial score (nSPS) is 19.9. The number of aliphatic hydroxyl groups is 1. The van der Waals surface area contributed by atoms with Crippen molar-refractivity contribution in [3.63, 3.8) is 0 Å². The van der Waals surface area contributed by atoms with Crippen molar-refractivity contribution in [3.05, 3.63) is 12.0 Å². The quantitative estimate of drug-likeness (QED) is 0.847. The molecule has 0 spiro atoms. The molecule has 100 valence electrons. The van der Waals surface area contributed by atoms with E-state index in [0.29, 0.717) is 24.9 Å². The van der Waals surface area contributed by atoms with E-state index in [1.807, 2.05) is 11.8 Å². The van der Waals surface area contributed by atoms with Crippen LogP contribution in [-0.2, 0) is 0 Å². The molecule has 1 fully saturated rings. The molecule has 2 N–H and O–H groups in total. The molecule has 18 heavy (non-hydrogen) atoms. The van der Waals surface area contributed by atoms with Gasteiger partial charge in [0.2, 0.25) is 5.95 Å². The maximum atomic E-state index is 13.8. The van der Waals surface area contributed by atoms with Gasteiger partial charge in [-0.1, -0.05) is 0 Å². The molecule has 0 saturated carbocycles. The van der Waals surface area contributed by atoms with Gasteiger partial charge in [0.15, 0.2) is 11.6 Å². The number of aromatic nitrogens is 2. The molecule has 0 amide bonds. The van der Waals surface area contributed by atoms with Crippen molar-refractivity contribution in [2.24, 2.45) is 5.92 Å². The van der Waals surface area contributed by atoms with E-state index in [9.17, 15) is 9.50 Å². The van der Waals surface area contributed by atoms with E-state index in [1.54, 1.807) is 0 Å². The molecule has 0 aliphatic carbocycles. The van der Waals surface area contributed by atoms with E-state index >= 15 is 0 Å². The molecule has 5 nitrogen and oxygen atoms in total. The standard InChI is InChI=1S/C12H19FN4O/c1-2-14-12-15-6-10(13)11(16-12)17-5-3-4-9(7-17)8-18/h6,9,18H,2-5,7-8H2,1H3,(H,14,15,16). The molecule has 1 saturated heterocycles. The molecular formula is C12H19FN4O. The summed E-state index contributed by atoms with van der Waals surface area (Å²) in [5.41, 5.74) is 0. The lowest BCUT2D eigenvalue weighted by atomic mass is 9.99. The lowest BCUT2D eigenvalue weighted by Gasteiger charge is -2.32. The fourth-order valence-electron chi connectivity index (χ4n) is 2.23. The van der Waals surface area contributed by atoms with Crippen LogP contribution in [0, 0.1) is 11.7 Å². The fourth-order valence-corrected chi connectivity index (χ4v) is 2.23. The monoisotopic (exact) mass is 254 g/mol. The molecule has 1 atom stereocenters. The number of rotatable bonds is 4. The van der Waals surface area contributed by atoms with Gasteiger partial charge in [-0.3, -0.25) is 0 Å². The SMILES string of the molecule is CCNc1ncc(F)c(N2CCCC(CO)C2)n1. The van der Waals surface area contributed by atoms with E-state index < -0.39 is 5.82 Å². The Labute approximate surface area is 106 Å². The van der Waals surface area contributed by atoms with Crippen LogP contribution in [0.25, 0.3) is 0 Å². The van der Waals surface area contributed by atoms with E-state index in [2.05, 4.69) is 15.3 Å². The summed E-state index contributed by atoms with van der Waals surface area (Å²) < 4.78 is 13.8. The molecule has 1 aromatic heterocycles. The molecule has 1 aliphatic heterocycles. The van der Waals surface area contributed by atoms with E-state index in [1.165, 1.54) is 6.20 Å². The highest BCUT2D eigenvalue weighted by atomic mass is 19.1. The smallest absolute Gasteiger partial charge is 0.224 e. The summed E-state index contributed by atoms with van der Waals surface area (Å²) in [6.07, 6.45) is 3.13. The number of hydrogen-bond acceptors (Lipinski definition) is 5. The van der Waals surface area contributed by atoms with Crippen LogP contribution in [0.15, 0.2) is 6.20 Å². The lowest BCUT2D eigenvalue weighted by Crippen LogP contribution is -2.38. The summed E-state index contributed by atoms with van der Waals surface area (Å²) in [4.78, 5) is 9.98. The first-order valence-electron chi connectivity index (χ1n) is 6.36. The van der Waals surface area contributed by atoms with Gasteiger partial charge >= 0.3 is 0 Å². The number of nitrogens with one attached hydrogen (secondary N) is 1. The first-order chi connectivity index (χ1) is 8.74. The molecule has 1 aromatic rings. The number of anilines is 2. The topological polar surface area (TPSA) is 61.3 Å². The van der Waals surface area contributed by atoms with Crippen LogP contribution in [0.1, 0.15) is 19.8 Å². The molecule has 0 aromatic carbocycles. The predicted molar refractivity (Wildman–Crippen MR) is 68.2 cm³/mol. The Morgan fingerprint density at radius 3 is 3.17 bits per heavy atom. The lowest BCUT2D eigenvalue weighted by molar-refractivity contribution is 0.208. The second-order valence-electron chi connectivity index (χ2n) is 4.53. The number of halogens is 1. The second kappa shape index (κ2) is 5.95. The highest BCUT2D eigenvalue weighted by Crippen LogP contribution is 2.24. The average Bonchev–Trinajstić information content (AvgIpc) is 2.41. The van der Waals surface area contributed by atoms with Gasteiger partial charge in [-0.2, -0.15) is 4.98 Å². The van der Waals surface area contributed by atoms with Crippen LogP contribution in [0.5, 0.6) is 0 Å². The van der Waals surface area contributed by atoms with Gasteiger partial charge < -0.3 is 15.3 Å². The Hall–Kier alpha value is -1.43. The third-order valence-electron chi connectivity index (χ3n) is 3.14. The third-order valence-corrected chi connectivity index (χ3v) is 3.14. The third kappa shape index (κ3) is 2.87.